The standard InChI is InChI=1S/C17H26N2O/c1-13-8-6-7-11-16(13)19-17(20)12-18-14(2)15-9-4-3-5-10-15/h6-8,11,14-15,18H,3-5,9-10,12H2,1-2H3,(H,19,20)/t14-/m0/s1. The van der Waals surface area contributed by atoms with Gasteiger partial charge in [-0.2, -0.15) is 0 Å². The van der Waals surface area contributed by atoms with Crippen molar-refractivity contribution in [1.29, 1.82) is 0 Å². The van der Waals surface area contributed by atoms with Gasteiger partial charge in [0.05, 0.1) is 6.54 Å². The molecule has 1 fully saturated rings. The molecule has 1 aromatic carbocycles. The second-order valence-electron chi connectivity index (χ2n) is 5.93. The summed E-state index contributed by atoms with van der Waals surface area (Å²) in [6.07, 6.45) is 6.65. The number of aryl methyl sites for hydroxylation is 1. The van der Waals surface area contributed by atoms with E-state index in [0.29, 0.717) is 12.6 Å². The van der Waals surface area contributed by atoms with E-state index in [4.69, 9.17) is 0 Å². The third-order valence-corrected chi connectivity index (χ3v) is 4.36. The molecule has 1 saturated carbocycles. The van der Waals surface area contributed by atoms with E-state index in [1.165, 1.54) is 32.1 Å². The van der Waals surface area contributed by atoms with E-state index in [1.54, 1.807) is 0 Å². The summed E-state index contributed by atoms with van der Waals surface area (Å²) in [6, 6.07) is 8.30. The largest absolute Gasteiger partial charge is 0.325 e. The van der Waals surface area contributed by atoms with Gasteiger partial charge in [0.2, 0.25) is 5.91 Å². The van der Waals surface area contributed by atoms with E-state index >= 15 is 0 Å². The van der Waals surface area contributed by atoms with Crippen LogP contribution in [0.2, 0.25) is 0 Å². The second kappa shape index (κ2) is 7.44. The summed E-state index contributed by atoms with van der Waals surface area (Å²) in [5.74, 6) is 0.775. The van der Waals surface area contributed by atoms with Crippen LogP contribution >= 0.6 is 0 Å². The molecule has 1 atom stereocenters. The number of carbonyl (C=O) groups excluding carboxylic acids is 1. The zero-order chi connectivity index (χ0) is 14.4. The van der Waals surface area contributed by atoms with Gasteiger partial charge in [-0.15, -0.1) is 0 Å². The van der Waals surface area contributed by atoms with Crippen molar-refractivity contribution in [1.82, 2.24) is 5.32 Å². The van der Waals surface area contributed by atoms with Gasteiger partial charge < -0.3 is 10.6 Å². The predicted molar refractivity (Wildman–Crippen MR) is 83.8 cm³/mol. The SMILES string of the molecule is Cc1ccccc1NC(=O)CN[C@@H](C)C1CCCCC1. The minimum atomic E-state index is 0.0435. The zero-order valence-electron chi connectivity index (χ0n) is 12.6. The molecule has 2 N–H and O–H groups in total. The monoisotopic (exact) mass is 274 g/mol. The molecule has 3 nitrogen and oxygen atoms in total. The average Bonchev–Trinajstić information content (AvgIpc) is 2.48. The van der Waals surface area contributed by atoms with Gasteiger partial charge in [-0.1, -0.05) is 37.5 Å². The van der Waals surface area contributed by atoms with Crippen LogP contribution in [0, 0.1) is 12.8 Å². The van der Waals surface area contributed by atoms with E-state index in [0.717, 1.165) is 17.2 Å². The van der Waals surface area contributed by atoms with Crippen molar-refractivity contribution in [2.24, 2.45) is 5.92 Å². The van der Waals surface area contributed by atoms with E-state index in [1.807, 2.05) is 31.2 Å². The van der Waals surface area contributed by atoms with Crippen LogP contribution < -0.4 is 10.6 Å². The van der Waals surface area contributed by atoms with Crippen molar-refractivity contribution >= 4 is 11.6 Å². The lowest BCUT2D eigenvalue weighted by molar-refractivity contribution is -0.115. The predicted octanol–water partition coefficient (Wildman–Crippen LogP) is 3.49. The van der Waals surface area contributed by atoms with Crippen molar-refractivity contribution in [3.63, 3.8) is 0 Å². The van der Waals surface area contributed by atoms with Crippen LogP contribution in [0.1, 0.15) is 44.6 Å². The van der Waals surface area contributed by atoms with Gasteiger partial charge in [0.15, 0.2) is 0 Å². The van der Waals surface area contributed by atoms with Gasteiger partial charge in [0.1, 0.15) is 0 Å². The molecule has 1 aliphatic rings. The molecule has 0 aliphatic heterocycles. The molecule has 110 valence electrons. The molecular formula is C17H26N2O. The highest BCUT2D eigenvalue weighted by molar-refractivity contribution is 5.92. The topological polar surface area (TPSA) is 41.1 Å². The Labute approximate surface area is 122 Å². The molecule has 0 aromatic heterocycles. The highest BCUT2D eigenvalue weighted by atomic mass is 16.1. The van der Waals surface area contributed by atoms with Gasteiger partial charge in [-0.05, 0) is 44.2 Å². The number of rotatable bonds is 5. The average molecular weight is 274 g/mol. The van der Waals surface area contributed by atoms with Crippen molar-refractivity contribution in [2.45, 2.75) is 52.0 Å². The molecule has 0 bridgehead atoms. The molecule has 0 radical (unpaired) electrons. The van der Waals surface area contributed by atoms with Gasteiger partial charge in [0.25, 0.3) is 0 Å². The first-order valence-corrected chi connectivity index (χ1v) is 7.75. The fourth-order valence-electron chi connectivity index (χ4n) is 2.96. The van der Waals surface area contributed by atoms with Crippen molar-refractivity contribution in [2.75, 3.05) is 11.9 Å². The maximum Gasteiger partial charge on any atom is 0.238 e. The third-order valence-electron chi connectivity index (χ3n) is 4.36. The Hall–Kier alpha value is -1.35. The fourth-order valence-corrected chi connectivity index (χ4v) is 2.96. The number of hydrogen-bond donors (Lipinski definition) is 2. The second-order valence-corrected chi connectivity index (χ2v) is 5.93. The molecule has 0 saturated heterocycles. The molecule has 2 rings (SSSR count). The summed E-state index contributed by atoms with van der Waals surface area (Å²) >= 11 is 0. The Morgan fingerprint density at radius 2 is 1.95 bits per heavy atom. The Kier molecular flexibility index (Phi) is 5.60. The number of para-hydroxylation sites is 1. The molecule has 1 amide bonds. The van der Waals surface area contributed by atoms with Gasteiger partial charge in [-0.3, -0.25) is 4.79 Å². The third kappa shape index (κ3) is 4.34. The molecule has 1 aromatic rings. The van der Waals surface area contributed by atoms with Crippen LogP contribution in [0.3, 0.4) is 0 Å². The van der Waals surface area contributed by atoms with Crippen molar-refractivity contribution in [3.8, 4) is 0 Å². The Morgan fingerprint density at radius 3 is 2.65 bits per heavy atom. The molecule has 0 unspecified atom stereocenters. The van der Waals surface area contributed by atoms with Crippen LogP contribution in [0.15, 0.2) is 24.3 Å². The summed E-state index contributed by atoms with van der Waals surface area (Å²) in [5, 5.41) is 6.35. The van der Waals surface area contributed by atoms with Gasteiger partial charge >= 0.3 is 0 Å². The lowest BCUT2D eigenvalue weighted by Crippen LogP contribution is -2.39. The molecule has 0 heterocycles. The van der Waals surface area contributed by atoms with Gasteiger partial charge in [0, 0.05) is 11.7 Å². The van der Waals surface area contributed by atoms with E-state index in [2.05, 4.69) is 17.6 Å². The number of hydrogen-bond acceptors (Lipinski definition) is 2. The molecule has 20 heavy (non-hydrogen) atoms. The van der Waals surface area contributed by atoms with Crippen LogP contribution in [-0.2, 0) is 4.79 Å². The van der Waals surface area contributed by atoms with E-state index in [9.17, 15) is 4.79 Å². The van der Waals surface area contributed by atoms with E-state index in [-0.39, 0.29) is 5.91 Å². The summed E-state index contributed by atoms with van der Waals surface area (Å²) in [4.78, 5) is 12.0. The maximum absolute atomic E-state index is 12.0. The normalized spacial score (nSPS) is 17.7. The van der Waals surface area contributed by atoms with Crippen LogP contribution in [0.4, 0.5) is 5.69 Å². The number of anilines is 1. The number of benzene rings is 1. The van der Waals surface area contributed by atoms with Crippen LogP contribution in [-0.4, -0.2) is 18.5 Å². The quantitative estimate of drug-likeness (QED) is 0.863. The highest BCUT2D eigenvalue weighted by Gasteiger charge is 2.20. The first kappa shape index (κ1) is 15.0. The first-order chi connectivity index (χ1) is 9.66. The first-order valence-electron chi connectivity index (χ1n) is 7.75. The lowest BCUT2D eigenvalue weighted by Gasteiger charge is -2.28. The Bertz CT molecular complexity index is 438. The summed E-state index contributed by atoms with van der Waals surface area (Å²) in [7, 11) is 0. The minimum Gasteiger partial charge on any atom is -0.325 e. The summed E-state index contributed by atoms with van der Waals surface area (Å²) < 4.78 is 0. The van der Waals surface area contributed by atoms with Crippen LogP contribution in [0.5, 0.6) is 0 Å². The van der Waals surface area contributed by atoms with Crippen molar-refractivity contribution in [3.05, 3.63) is 29.8 Å². The highest BCUT2D eigenvalue weighted by Crippen LogP contribution is 2.26. The lowest BCUT2D eigenvalue weighted by atomic mass is 9.84. The van der Waals surface area contributed by atoms with Crippen molar-refractivity contribution < 1.29 is 4.79 Å². The maximum atomic E-state index is 12.0. The van der Waals surface area contributed by atoms with Gasteiger partial charge in [-0.25, -0.2) is 0 Å². The van der Waals surface area contributed by atoms with E-state index < -0.39 is 0 Å². The van der Waals surface area contributed by atoms with Crippen LogP contribution in [0.25, 0.3) is 0 Å². The fraction of sp³-hybridized carbons (Fsp3) is 0.588. The zero-order valence-corrected chi connectivity index (χ0v) is 12.6. The smallest absolute Gasteiger partial charge is 0.238 e. The Balaban J connectivity index is 1.76. The number of amides is 1. The molecule has 0 spiro atoms. The Morgan fingerprint density at radius 1 is 1.25 bits per heavy atom. The molecular weight excluding hydrogens is 248 g/mol. The summed E-state index contributed by atoms with van der Waals surface area (Å²) in [5.41, 5.74) is 2.01. The summed E-state index contributed by atoms with van der Waals surface area (Å²) in [6.45, 7) is 4.61. The number of carbonyl (C=O) groups is 1. The minimum absolute atomic E-state index is 0.0435. The molecule has 3 heteroatoms. The molecule has 1 aliphatic carbocycles. The number of nitrogens with one attached hydrogen (secondary N) is 2.